The first-order valence-electron chi connectivity index (χ1n) is 7.14. The SMILES string of the molecule is CCOC(=O)N1CCC(NC(N)=NCCCSC)CC1.I. The lowest BCUT2D eigenvalue weighted by atomic mass is 10.1. The normalized spacial score (nSPS) is 16.3. The molecule has 1 fully saturated rings. The molecule has 21 heavy (non-hydrogen) atoms. The number of amides is 1. The molecule has 0 aromatic heterocycles. The molecular weight excluding hydrogens is 403 g/mol. The second kappa shape index (κ2) is 12.2. The van der Waals surface area contributed by atoms with E-state index in [0.29, 0.717) is 31.7 Å². The van der Waals surface area contributed by atoms with Crippen LogP contribution in [0, 0.1) is 0 Å². The van der Waals surface area contributed by atoms with E-state index in [9.17, 15) is 4.79 Å². The van der Waals surface area contributed by atoms with E-state index in [-0.39, 0.29) is 30.1 Å². The molecule has 0 saturated carbocycles. The molecule has 0 aromatic carbocycles. The molecule has 1 saturated heterocycles. The van der Waals surface area contributed by atoms with Crippen LogP contribution in [0.4, 0.5) is 4.79 Å². The number of thioether (sulfide) groups is 1. The summed E-state index contributed by atoms with van der Waals surface area (Å²) in [6, 6.07) is 0.296. The van der Waals surface area contributed by atoms with Crippen molar-refractivity contribution < 1.29 is 9.53 Å². The van der Waals surface area contributed by atoms with Crippen LogP contribution in [0.25, 0.3) is 0 Å². The molecule has 8 heteroatoms. The molecule has 0 bridgehead atoms. The van der Waals surface area contributed by atoms with Crippen molar-refractivity contribution in [3.05, 3.63) is 0 Å². The lowest BCUT2D eigenvalue weighted by Crippen LogP contribution is -2.48. The molecule has 0 aromatic rings. The fraction of sp³-hybridized carbons (Fsp3) is 0.846. The standard InChI is InChI=1S/C13H26N4O2S.HI/c1-3-19-13(18)17-8-5-11(6-9-17)16-12(14)15-7-4-10-20-2;/h11H,3-10H2,1-2H3,(H3,14,15,16);1H. The number of nitrogens with two attached hydrogens (primary N) is 1. The Morgan fingerprint density at radius 2 is 2.14 bits per heavy atom. The zero-order valence-electron chi connectivity index (χ0n) is 12.8. The maximum absolute atomic E-state index is 11.6. The van der Waals surface area contributed by atoms with E-state index in [1.54, 1.807) is 4.90 Å². The van der Waals surface area contributed by atoms with E-state index in [2.05, 4.69) is 16.6 Å². The van der Waals surface area contributed by atoms with Crippen LogP contribution >= 0.6 is 35.7 Å². The van der Waals surface area contributed by atoms with Crippen LogP contribution in [0.5, 0.6) is 0 Å². The number of ether oxygens (including phenoxy) is 1. The fourth-order valence-electron chi connectivity index (χ4n) is 2.08. The average molecular weight is 430 g/mol. The van der Waals surface area contributed by atoms with Gasteiger partial charge in [0, 0.05) is 25.7 Å². The van der Waals surface area contributed by atoms with E-state index in [1.807, 2.05) is 18.7 Å². The third kappa shape index (κ3) is 8.60. The van der Waals surface area contributed by atoms with Gasteiger partial charge in [0.15, 0.2) is 5.96 Å². The van der Waals surface area contributed by atoms with Crippen molar-refractivity contribution in [2.24, 2.45) is 10.7 Å². The van der Waals surface area contributed by atoms with E-state index in [1.165, 1.54) is 0 Å². The van der Waals surface area contributed by atoms with Gasteiger partial charge in [-0.3, -0.25) is 4.99 Å². The molecule has 3 N–H and O–H groups in total. The number of hydrogen-bond donors (Lipinski definition) is 2. The van der Waals surface area contributed by atoms with E-state index in [0.717, 1.165) is 31.6 Å². The maximum atomic E-state index is 11.6. The van der Waals surface area contributed by atoms with Gasteiger partial charge in [-0.15, -0.1) is 24.0 Å². The van der Waals surface area contributed by atoms with Crippen LogP contribution in [0.3, 0.4) is 0 Å². The summed E-state index contributed by atoms with van der Waals surface area (Å²) in [6.07, 6.45) is 4.66. The molecule has 0 unspecified atom stereocenters. The van der Waals surface area contributed by atoms with E-state index in [4.69, 9.17) is 10.5 Å². The highest BCUT2D eigenvalue weighted by atomic mass is 127. The lowest BCUT2D eigenvalue weighted by Gasteiger charge is -2.31. The highest BCUT2D eigenvalue weighted by Crippen LogP contribution is 2.11. The van der Waals surface area contributed by atoms with Gasteiger partial charge in [-0.1, -0.05) is 0 Å². The first-order chi connectivity index (χ1) is 9.67. The lowest BCUT2D eigenvalue weighted by molar-refractivity contribution is 0.0963. The summed E-state index contributed by atoms with van der Waals surface area (Å²) in [6.45, 7) is 4.42. The fourth-order valence-corrected chi connectivity index (χ4v) is 2.50. The minimum Gasteiger partial charge on any atom is -0.450 e. The van der Waals surface area contributed by atoms with Gasteiger partial charge in [0.1, 0.15) is 0 Å². The summed E-state index contributed by atoms with van der Waals surface area (Å²) in [5, 5.41) is 3.23. The van der Waals surface area contributed by atoms with Crippen molar-refractivity contribution in [3.8, 4) is 0 Å². The number of piperidine rings is 1. The van der Waals surface area contributed by atoms with Crippen molar-refractivity contribution >= 4 is 47.8 Å². The second-order valence-corrected chi connectivity index (χ2v) is 5.70. The van der Waals surface area contributed by atoms with Crippen molar-refractivity contribution in [3.63, 3.8) is 0 Å². The number of rotatable bonds is 6. The zero-order chi connectivity index (χ0) is 14.8. The highest BCUT2D eigenvalue weighted by Gasteiger charge is 2.23. The summed E-state index contributed by atoms with van der Waals surface area (Å²) in [5.74, 6) is 1.62. The van der Waals surface area contributed by atoms with Gasteiger partial charge in [0.05, 0.1) is 6.61 Å². The summed E-state index contributed by atoms with van der Waals surface area (Å²) < 4.78 is 4.99. The number of carbonyl (C=O) groups excluding carboxylic acids is 1. The maximum Gasteiger partial charge on any atom is 0.409 e. The van der Waals surface area contributed by atoms with Gasteiger partial charge < -0.3 is 20.7 Å². The molecule has 1 aliphatic heterocycles. The average Bonchev–Trinajstić information content (AvgIpc) is 2.45. The minimum absolute atomic E-state index is 0. The first-order valence-corrected chi connectivity index (χ1v) is 8.53. The molecule has 1 rings (SSSR count). The topological polar surface area (TPSA) is 80.0 Å². The van der Waals surface area contributed by atoms with Crippen LogP contribution in [0.2, 0.25) is 0 Å². The van der Waals surface area contributed by atoms with E-state index < -0.39 is 0 Å². The molecular formula is C13H27IN4O2S. The number of nitrogens with zero attached hydrogens (tertiary/aromatic N) is 2. The van der Waals surface area contributed by atoms with Gasteiger partial charge in [0.25, 0.3) is 0 Å². The predicted molar refractivity (Wildman–Crippen MR) is 99.7 cm³/mol. The number of guanidine groups is 1. The smallest absolute Gasteiger partial charge is 0.409 e. The highest BCUT2D eigenvalue weighted by molar-refractivity contribution is 14.0. The Hall–Kier alpha value is -0.380. The molecule has 124 valence electrons. The van der Waals surface area contributed by atoms with E-state index >= 15 is 0 Å². The van der Waals surface area contributed by atoms with Crippen LogP contribution in [0.1, 0.15) is 26.2 Å². The monoisotopic (exact) mass is 430 g/mol. The Bertz CT molecular complexity index is 323. The van der Waals surface area contributed by atoms with Gasteiger partial charge in [0.2, 0.25) is 0 Å². The molecule has 0 atom stereocenters. The molecule has 0 radical (unpaired) electrons. The number of halogens is 1. The predicted octanol–water partition coefficient (Wildman–Crippen LogP) is 1.88. The number of aliphatic imine (C=N–C) groups is 1. The summed E-state index contributed by atoms with van der Waals surface area (Å²) in [5.41, 5.74) is 5.86. The Labute approximate surface area is 148 Å². The zero-order valence-corrected chi connectivity index (χ0v) is 16.0. The molecule has 1 aliphatic rings. The largest absolute Gasteiger partial charge is 0.450 e. The molecule has 0 spiro atoms. The van der Waals surface area contributed by atoms with Gasteiger partial charge >= 0.3 is 6.09 Å². The summed E-state index contributed by atoms with van der Waals surface area (Å²) in [4.78, 5) is 17.6. The van der Waals surface area contributed by atoms with Gasteiger partial charge in [-0.2, -0.15) is 11.8 Å². The Morgan fingerprint density at radius 3 is 2.71 bits per heavy atom. The number of likely N-dealkylation sites (tertiary alicyclic amines) is 1. The van der Waals surface area contributed by atoms with Crippen LogP contribution in [-0.2, 0) is 4.74 Å². The second-order valence-electron chi connectivity index (χ2n) is 4.72. The van der Waals surface area contributed by atoms with Gasteiger partial charge in [-0.05, 0) is 38.2 Å². The minimum atomic E-state index is -0.218. The van der Waals surface area contributed by atoms with Crippen LogP contribution in [0.15, 0.2) is 4.99 Å². The Kier molecular flexibility index (Phi) is 12.0. The molecule has 1 heterocycles. The quantitative estimate of drug-likeness (QED) is 0.291. The van der Waals surface area contributed by atoms with Crippen molar-refractivity contribution in [1.29, 1.82) is 0 Å². The number of nitrogens with one attached hydrogen (secondary N) is 1. The van der Waals surface area contributed by atoms with Crippen molar-refractivity contribution in [2.75, 3.05) is 38.2 Å². The number of carbonyl (C=O) groups is 1. The van der Waals surface area contributed by atoms with Crippen molar-refractivity contribution in [1.82, 2.24) is 10.2 Å². The Balaban J connectivity index is 0.00000400. The van der Waals surface area contributed by atoms with Crippen LogP contribution < -0.4 is 11.1 Å². The van der Waals surface area contributed by atoms with Crippen molar-refractivity contribution in [2.45, 2.75) is 32.2 Å². The van der Waals surface area contributed by atoms with Gasteiger partial charge in [-0.25, -0.2) is 4.79 Å². The van der Waals surface area contributed by atoms with Crippen LogP contribution in [-0.4, -0.2) is 61.2 Å². The summed E-state index contributed by atoms with van der Waals surface area (Å²) >= 11 is 1.82. The molecule has 6 nitrogen and oxygen atoms in total. The summed E-state index contributed by atoms with van der Waals surface area (Å²) in [7, 11) is 0. The third-order valence-corrected chi connectivity index (χ3v) is 3.86. The first kappa shape index (κ1) is 20.6. The third-order valence-electron chi connectivity index (χ3n) is 3.16. The molecule has 0 aliphatic carbocycles. The Morgan fingerprint density at radius 1 is 1.48 bits per heavy atom. The molecule has 1 amide bonds. The number of hydrogen-bond acceptors (Lipinski definition) is 4.